The van der Waals surface area contributed by atoms with Gasteiger partial charge in [-0.05, 0) is 13.3 Å². The Balaban J connectivity index is 2.75. The zero-order valence-electron chi connectivity index (χ0n) is 7.49. The highest BCUT2D eigenvalue weighted by Gasteiger charge is 2.15. The van der Waals surface area contributed by atoms with E-state index in [0.717, 1.165) is 0 Å². The molecule has 0 unspecified atom stereocenters. The van der Waals surface area contributed by atoms with Crippen molar-refractivity contribution in [1.82, 2.24) is 4.90 Å². The summed E-state index contributed by atoms with van der Waals surface area (Å²) in [5, 5.41) is 0. The minimum atomic E-state index is -0.495. The first-order chi connectivity index (χ1) is 6.11. The average molecular weight is 180 g/mol. The molecule has 0 aromatic carbocycles. The number of allylic oxidation sites excluding steroid dienone is 2. The third-order valence-corrected chi connectivity index (χ3v) is 1.69. The molecule has 0 saturated heterocycles. The molecule has 0 saturated carbocycles. The first-order valence-electron chi connectivity index (χ1n) is 4.04. The first kappa shape index (κ1) is 9.51. The zero-order chi connectivity index (χ0) is 9.84. The van der Waals surface area contributed by atoms with Crippen molar-refractivity contribution in [2.24, 2.45) is 5.73 Å². The second kappa shape index (κ2) is 3.89. The van der Waals surface area contributed by atoms with Gasteiger partial charge in [0.25, 0.3) is 5.91 Å². The molecule has 0 fully saturated rings. The van der Waals surface area contributed by atoms with Crippen LogP contribution in [0.15, 0.2) is 24.0 Å². The van der Waals surface area contributed by atoms with Gasteiger partial charge in [-0.2, -0.15) is 0 Å². The Labute approximate surface area is 76.7 Å². The van der Waals surface area contributed by atoms with Crippen molar-refractivity contribution >= 4 is 11.7 Å². The summed E-state index contributed by atoms with van der Waals surface area (Å²) in [6, 6.07) is 0. The Kier molecular flexibility index (Phi) is 2.84. The monoisotopic (exact) mass is 180 g/mol. The molecule has 0 aromatic rings. The minimum Gasteiger partial charge on any atom is -0.364 e. The van der Waals surface area contributed by atoms with Gasteiger partial charge in [0.1, 0.15) is 11.5 Å². The van der Waals surface area contributed by atoms with E-state index in [4.69, 9.17) is 5.73 Å². The van der Waals surface area contributed by atoms with Gasteiger partial charge in [-0.15, -0.1) is 0 Å². The van der Waals surface area contributed by atoms with E-state index in [1.807, 2.05) is 6.08 Å². The van der Waals surface area contributed by atoms with Crippen molar-refractivity contribution < 1.29 is 9.59 Å². The molecule has 70 valence electrons. The number of hydrogen-bond donors (Lipinski definition) is 1. The summed E-state index contributed by atoms with van der Waals surface area (Å²) < 4.78 is 0. The first-order valence-corrected chi connectivity index (χ1v) is 4.04. The predicted octanol–water partition coefficient (Wildman–Crippen LogP) is 0.164. The van der Waals surface area contributed by atoms with Crippen molar-refractivity contribution in [3.8, 4) is 0 Å². The van der Waals surface area contributed by atoms with Gasteiger partial charge in [-0.25, -0.2) is 0 Å². The van der Waals surface area contributed by atoms with Crippen molar-refractivity contribution in [1.29, 1.82) is 0 Å². The van der Waals surface area contributed by atoms with E-state index in [1.165, 1.54) is 6.92 Å². The van der Waals surface area contributed by atoms with Crippen LogP contribution in [0.5, 0.6) is 0 Å². The van der Waals surface area contributed by atoms with Crippen LogP contribution in [0.1, 0.15) is 13.3 Å². The fourth-order valence-electron chi connectivity index (χ4n) is 1.19. The Bertz CT molecular complexity index is 292. The van der Waals surface area contributed by atoms with Gasteiger partial charge in [-0.1, -0.05) is 12.2 Å². The summed E-state index contributed by atoms with van der Waals surface area (Å²) in [6.07, 6.45) is 5.98. The number of nitrogens with zero attached hydrogens (tertiary/aromatic N) is 1. The van der Waals surface area contributed by atoms with E-state index in [1.54, 1.807) is 17.2 Å². The molecule has 4 heteroatoms. The predicted molar refractivity (Wildman–Crippen MR) is 48.4 cm³/mol. The maximum atomic E-state index is 10.9. The van der Waals surface area contributed by atoms with E-state index < -0.39 is 5.91 Å². The number of nitrogens with two attached hydrogens (primary N) is 1. The van der Waals surface area contributed by atoms with Crippen LogP contribution in [-0.4, -0.2) is 23.1 Å². The molecule has 0 bridgehead atoms. The number of carbonyl (C=O) groups excluding carboxylic acids is 2. The normalized spacial score (nSPS) is 15.5. The van der Waals surface area contributed by atoms with Crippen LogP contribution >= 0.6 is 0 Å². The minimum absolute atomic E-state index is 0.00120. The van der Waals surface area contributed by atoms with Gasteiger partial charge in [-0.3, -0.25) is 9.59 Å². The number of amides is 1. The molecule has 1 aliphatic heterocycles. The highest BCUT2D eigenvalue weighted by Crippen LogP contribution is 2.11. The summed E-state index contributed by atoms with van der Waals surface area (Å²) in [4.78, 5) is 23.3. The van der Waals surface area contributed by atoms with Gasteiger partial charge < -0.3 is 10.6 Å². The molecule has 0 aliphatic carbocycles. The lowest BCUT2D eigenvalue weighted by Crippen LogP contribution is -2.32. The summed E-state index contributed by atoms with van der Waals surface area (Å²) >= 11 is 0. The van der Waals surface area contributed by atoms with E-state index in [0.29, 0.717) is 12.1 Å². The molecule has 1 amide bonds. The fourth-order valence-corrected chi connectivity index (χ4v) is 1.19. The van der Waals surface area contributed by atoms with Crippen LogP contribution in [0, 0.1) is 0 Å². The smallest absolute Gasteiger partial charge is 0.265 e. The number of Topliss-reactive ketones (excluding diaryl/α,β-unsaturated/α-hetero) is 1. The Morgan fingerprint density at radius 1 is 1.62 bits per heavy atom. The number of ketones is 1. The molecule has 1 rings (SSSR count). The van der Waals surface area contributed by atoms with Gasteiger partial charge in [0.05, 0.1) is 6.54 Å². The van der Waals surface area contributed by atoms with E-state index in [9.17, 15) is 9.59 Å². The van der Waals surface area contributed by atoms with E-state index >= 15 is 0 Å². The summed E-state index contributed by atoms with van der Waals surface area (Å²) in [7, 11) is 0. The molecule has 0 radical (unpaired) electrons. The summed E-state index contributed by atoms with van der Waals surface area (Å²) in [5.41, 5.74) is 5.54. The quantitative estimate of drug-likeness (QED) is 0.673. The van der Waals surface area contributed by atoms with Crippen molar-refractivity contribution in [2.75, 3.05) is 6.54 Å². The molecule has 0 spiro atoms. The van der Waals surface area contributed by atoms with Crippen LogP contribution in [0.3, 0.4) is 0 Å². The van der Waals surface area contributed by atoms with Crippen LogP contribution < -0.4 is 5.73 Å². The Morgan fingerprint density at radius 2 is 2.31 bits per heavy atom. The molecule has 4 nitrogen and oxygen atoms in total. The number of carbonyl (C=O) groups is 2. The molecular weight excluding hydrogens is 168 g/mol. The van der Waals surface area contributed by atoms with Crippen LogP contribution in [0.2, 0.25) is 0 Å². The standard InChI is InChI=1S/C9H12N2O2/c1-7(12)6-11-5-3-2-4-8(11)9(10)13/h3-5H,2,6H2,1H3,(H2,10,13). The molecular formula is C9H12N2O2. The number of rotatable bonds is 3. The highest BCUT2D eigenvalue weighted by molar-refractivity contribution is 5.92. The summed E-state index contributed by atoms with van der Waals surface area (Å²) in [5.74, 6) is -0.496. The molecule has 2 N–H and O–H groups in total. The van der Waals surface area contributed by atoms with E-state index in [-0.39, 0.29) is 12.3 Å². The molecule has 0 atom stereocenters. The van der Waals surface area contributed by atoms with Crippen LogP contribution in [-0.2, 0) is 9.59 Å². The van der Waals surface area contributed by atoms with Gasteiger partial charge in [0.15, 0.2) is 0 Å². The van der Waals surface area contributed by atoms with Crippen molar-refractivity contribution in [3.63, 3.8) is 0 Å². The number of primary amides is 1. The van der Waals surface area contributed by atoms with Crippen molar-refractivity contribution in [2.45, 2.75) is 13.3 Å². The third kappa shape index (κ3) is 2.43. The Morgan fingerprint density at radius 3 is 2.85 bits per heavy atom. The molecule has 0 aromatic heterocycles. The summed E-state index contributed by atoms with van der Waals surface area (Å²) in [6.45, 7) is 1.67. The van der Waals surface area contributed by atoms with Crippen molar-refractivity contribution in [3.05, 3.63) is 24.0 Å². The average Bonchev–Trinajstić information content (AvgIpc) is 2.03. The molecule has 1 aliphatic rings. The largest absolute Gasteiger partial charge is 0.364 e. The lowest BCUT2D eigenvalue weighted by Gasteiger charge is -2.22. The Hall–Kier alpha value is -1.58. The van der Waals surface area contributed by atoms with E-state index in [2.05, 4.69) is 0 Å². The lowest BCUT2D eigenvalue weighted by molar-refractivity contribution is -0.118. The van der Waals surface area contributed by atoms with Crippen LogP contribution in [0.25, 0.3) is 0 Å². The SMILES string of the molecule is CC(=O)CN1C=CCC=C1C(N)=O. The fraction of sp³-hybridized carbons (Fsp3) is 0.333. The zero-order valence-corrected chi connectivity index (χ0v) is 7.49. The van der Waals surface area contributed by atoms with Crippen LogP contribution in [0.4, 0.5) is 0 Å². The highest BCUT2D eigenvalue weighted by atomic mass is 16.1. The lowest BCUT2D eigenvalue weighted by atomic mass is 10.2. The third-order valence-electron chi connectivity index (χ3n) is 1.69. The van der Waals surface area contributed by atoms with Gasteiger partial charge in [0.2, 0.25) is 0 Å². The maximum absolute atomic E-state index is 10.9. The van der Waals surface area contributed by atoms with Gasteiger partial charge >= 0.3 is 0 Å². The van der Waals surface area contributed by atoms with Gasteiger partial charge in [0, 0.05) is 6.20 Å². The topological polar surface area (TPSA) is 63.4 Å². The number of hydrogen-bond acceptors (Lipinski definition) is 3. The second-order valence-corrected chi connectivity index (χ2v) is 2.90. The molecule has 13 heavy (non-hydrogen) atoms. The molecule has 1 heterocycles. The second-order valence-electron chi connectivity index (χ2n) is 2.90. The maximum Gasteiger partial charge on any atom is 0.265 e.